The Morgan fingerprint density at radius 1 is 1.41 bits per heavy atom. The normalized spacial score (nSPS) is 21.6. The van der Waals surface area contributed by atoms with Crippen LogP contribution >= 0.6 is 0 Å². The topological polar surface area (TPSA) is 35.2 Å². The molecule has 2 rings (SSSR count). The Morgan fingerprint density at radius 2 is 2.24 bits per heavy atom. The number of ether oxygens (including phenoxy) is 1. The first kappa shape index (κ1) is 12.5. The van der Waals surface area contributed by atoms with Gasteiger partial charge in [-0.05, 0) is 43.7 Å². The van der Waals surface area contributed by atoms with Crippen molar-refractivity contribution in [3.05, 3.63) is 35.6 Å². The molecule has 3 heteroatoms. The SMILES string of the molecule is NC(CCC1CCCO1)Cc1ccccc1F. The molecule has 1 fully saturated rings. The molecule has 1 heterocycles. The molecule has 1 aliphatic rings. The molecule has 1 aliphatic heterocycles. The number of rotatable bonds is 5. The van der Waals surface area contributed by atoms with Crippen molar-refractivity contribution in [2.45, 2.75) is 44.2 Å². The van der Waals surface area contributed by atoms with Gasteiger partial charge in [-0.25, -0.2) is 4.39 Å². The molecule has 17 heavy (non-hydrogen) atoms. The zero-order valence-electron chi connectivity index (χ0n) is 10.1. The van der Waals surface area contributed by atoms with E-state index in [4.69, 9.17) is 10.5 Å². The predicted molar refractivity (Wildman–Crippen MR) is 66.3 cm³/mol. The lowest BCUT2D eigenvalue weighted by molar-refractivity contribution is 0.101. The maximum Gasteiger partial charge on any atom is 0.126 e. The smallest absolute Gasteiger partial charge is 0.126 e. The van der Waals surface area contributed by atoms with E-state index < -0.39 is 0 Å². The molecular weight excluding hydrogens is 217 g/mol. The monoisotopic (exact) mass is 237 g/mol. The van der Waals surface area contributed by atoms with Gasteiger partial charge < -0.3 is 10.5 Å². The summed E-state index contributed by atoms with van der Waals surface area (Å²) in [6.45, 7) is 0.882. The third-order valence-electron chi connectivity index (χ3n) is 3.32. The Bertz CT molecular complexity index is 350. The molecule has 1 aromatic carbocycles. The second-order valence-corrected chi connectivity index (χ2v) is 4.77. The van der Waals surface area contributed by atoms with Gasteiger partial charge in [0.2, 0.25) is 0 Å². The van der Waals surface area contributed by atoms with E-state index in [1.807, 2.05) is 6.07 Å². The molecule has 1 aromatic rings. The summed E-state index contributed by atoms with van der Waals surface area (Å²) in [5, 5.41) is 0. The maximum atomic E-state index is 13.4. The summed E-state index contributed by atoms with van der Waals surface area (Å²) in [7, 11) is 0. The van der Waals surface area contributed by atoms with Crippen LogP contribution < -0.4 is 5.73 Å². The van der Waals surface area contributed by atoms with Gasteiger partial charge in [0.15, 0.2) is 0 Å². The van der Waals surface area contributed by atoms with Gasteiger partial charge in [0.1, 0.15) is 5.82 Å². The molecule has 2 atom stereocenters. The van der Waals surface area contributed by atoms with Crippen molar-refractivity contribution in [3.63, 3.8) is 0 Å². The molecule has 0 saturated carbocycles. The summed E-state index contributed by atoms with van der Waals surface area (Å²) in [6, 6.07) is 6.88. The first-order valence-corrected chi connectivity index (χ1v) is 6.36. The van der Waals surface area contributed by atoms with E-state index in [0.717, 1.165) is 32.3 Å². The molecule has 0 bridgehead atoms. The van der Waals surface area contributed by atoms with Gasteiger partial charge in [-0.15, -0.1) is 0 Å². The minimum atomic E-state index is -0.153. The number of benzene rings is 1. The minimum Gasteiger partial charge on any atom is -0.378 e. The molecule has 0 spiro atoms. The standard InChI is InChI=1S/C14H20FNO/c15-14-6-2-1-4-11(14)10-12(16)7-8-13-5-3-9-17-13/h1-2,4,6,12-13H,3,5,7-10,16H2. The molecular formula is C14H20FNO. The predicted octanol–water partition coefficient (Wildman–Crippen LogP) is 2.65. The third kappa shape index (κ3) is 3.79. The fourth-order valence-electron chi connectivity index (χ4n) is 2.32. The Hall–Kier alpha value is -0.930. The van der Waals surface area contributed by atoms with Gasteiger partial charge in [0.05, 0.1) is 6.10 Å². The lowest BCUT2D eigenvalue weighted by atomic mass is 10.00. The molecule has 2 N–H and O–H groups in total. The van der Waals surface area contributed by atoms with Gasteiger partial charge in [-0.1, -0.05) is 18.2 Å². The van der Waals surface area contributed by atoms with Crippen LogP contribution in [0.15, 0.2) is 24.3 Å². The highest BCUT2D eigenvalue weighted by Crippen LogP contribution is 2.18. The quantitative estimate of drug-likeness (QED) is 0.854. The van der Waals surface area contributed by atoms with Crippen molar-refractivity contribution < 1.29 is 9.13 Å². The lowest BCUT2D eigenvalue weighted by Crippen LogP contribution is -2.25. The minimum absolute atomic E-state index is 0.0242. The zero-order valence-corrected chi connectivity index (χ0v) is 10.1. The summed E-state index contributed by atoms with van der Waals surface area (Å²) in [5.74, 6) is -0.153. The maximum absolute atomic E-state index is 13.4. The number of hydrogen-bond donors (Lipinski definition) is 1. The van der Waals surface area contributed by atoms with E-state index in [0.29, 0.717) is 18.1 Å². The highest BCUT2D eigenvalue weighted by atomic mass is 19.1. The summed E-state index contributed by atoms with van der Waals surface area (Å²) in [5.41, 5.74) is 6.75. The Balaban J connectivity index is 1.76. The van der Waals surface area contributed by atoms with Gasteiger partial charge in [-0.2, -0.15) is 0 Å². The molecule has 2 unspecified atom stereocenters. The molecule has 0 aliphatic carbocycles. The fourth-order valence-corrected chi connectivity index (χ4v) is 2.32. The van der Waals surface area contributed by atoms with E-state index in [2.05, 4.69) is 0 Å². The van der Waals surface area contributed by atoms with E-state index >= 15 is 0 Å². The Kier molecular flexibility index (Phi) is 4.51. The average molecular weight is 237 g/mol. The van der Waals surface area contributed by atoms with Gasteiger partial charge >= 0.3 is 0 Å². The summed E-state index contributed by atoms with van der Waals surface area (Å²) < 4.78 is 19.0. The summed E-state index contributed by atoms with van der Waals surface area (Å²) in [6.07, 6.45) is 5.19. The van der Waals surface area contributed by atoms with Crippen LogP contribution in [0.4, 0.5) is 4.39 Å². The van der Waals surface area contributed by atoms with Crippen molar-refractivity contribution in [3.8, 4) is 0 Å². The van der Waals surface area contributed by atoms with Gasteiger partial charge in [-0.3, -0.25) is 0 Å². The van der Waals surface area contributed by atoms with E-state index in [9.17, 15) is 4.39 Å². The van der Waals surface area contributed by atoms with E-state index in [1.165, 1.54) is 6.07 Å². The molecule has 2 nitrogen and oxygen atoms in total. The van der Waals surface area contributed by atoms with Crippen molar-refractivity contribution >= 4 is 0 Å². The Morgan fingerprint density at radius 3 is 2.94 bits per heavy atom. The van der Waals surface area contributed by atoms with Crippen LogP contribution in [0.25, 0.3) is 0 Å². The first-order chi connectivity index (χ1) is 8.25. The van der Waals surface area contributed by atoms with Gasteiger partial charge in [0, 0.05) is 12.6 Å². The van der Waals surface area contributed by atoms with Crippen molar-refractivity contribution in [2.24, 2.45) is 5.73 Å². The largest absolute Gasteiger partial charge is 0.378 e. The average Bonchev–Trinajstić information content (AvgIpc) is 2.82. The lowest BCUT2D eigenvalue weighted by Gasteiger charge is -2.15. The van der Waals surface area contributed by atoms with Crippen molar-refractivity contribution in [1.82, 2.24) is 0 Å². The first-order valence-electron chi connectivity index (χ1n) is 6.36. The molecule has 0 radical (unpaired) electrons. The Labute approximate surface area is 102 Å². The fraction of sp³-hybridized carbons (Fsp3) is 0.571. The van der Waals surface area contributed by atoms with Crippen LogP contribution in [0.1, 0.15) is 31.2 Å². The van der Waals surface area contributed by atoms with Crippen molar-refractivity contribution in [2.75, 3.05) is 6.61 Å². The van der Waals surface area contributed by atoms with Gasteiger partial charge in [0.25, 0.3) is 0 Å². The second kappa shape index (κ2) is 6.12. The number of halogens is 1. The van der Waals surface area contributed by atoms with Crippen molar-refractivity contribution in [1.29, 1.82) is 0 Å². The molecule has 0 aromatic heterocycles. The van der Waals surface area contributed by atoms with Crippen LogP contribution in [0.3, 0.4) is 0 Å². The highest BCUT2D eigenvalue weighted by Gasteiger charge is 2.17. The van der Waals surface area contributed by atoms with Crippen LogP contribution in [0.5, 0.6) is 0 Å². The van der Waals surface area contributed by atoms with Crippen LogP contribution in [-0.2, 0) is 11.2 Å². The molecule has 0 amide bonds. The van der Waals surface area contributed by atoms with Crippen LogP contribution in [-0.4, -0.2) is 18.8 Å². The third-order valence-corrected chi connectivity index (χ3v) is 3.32. The number of nitrogens with two attached hydrogens (primary N) is 1. The highest BCUT2D eigenvalue weighted by molar-refractivity contribution is 5.18. The zero-order chi connectivity index (χ0) is 12.1. The molecule has 94 valence electrons. The summed E-state index contributed by atoms with van der Waals surface area (Å²) >= 11 is 0. The summed E-state index contributed by atoms with van der Waals surface area (Å²) in [4.78, 5) is 0. The molecule has 1 saturated heterocycles. The number of hydrogen-bond acceptors (Lipinski definition) is 2. The van der Waals surface area contributed by atoms with Crippen LogP contribution in [0, 0.1) is 5.82 Å². The van der Waals surface area contributed by atoms with Crippen LogP contribution in [0.2, 0.25) is 0 Å². The van der Waals surface area contributed by atoms with E-state index in [-0.39, 0.29) is 11.9 Å². The van der Waals surface area contributed by atoms with E-state index in [1.54, 1.807) is 12.1 Å². The second-order valence-electron chi connectivity index (χ2n) is 4.77.